The first kappa shape index (κ1) is 15.7. The van der Waals surface area contributed by atoms with E-state index in [2.05, 4.69) is 67.9 Å². The van der Waals surface area contributed by atoms with Gasteiger partial charge in [0.2, 0.25) is 0 Å². The third kappa shape index (κ3) is 4.67. The molecule has 0 amide bonds. The van der Waals surface area contributed by atoms with Crippen LogP contribution in [-0.2, 0) is 0 Å². The molecule has 0 saturated carbocycles. The molecule has 0 bridgehead atoms. The Kier molecular flexibility index (Phi) is 6.57. The molecule has 0 heterocycles. The van der Waals surface area contributed by atoms with Gasteiger partial charge in [-0.25, -0.2) is 0 Å². The number of hydrogen-bond donors (Lipinski definition) is 1. The molecule has 0 aliphatic rings. The Morgan fingerprint density at radius 1 is 1.16 bits per heavy atom. The Balaban J connectivity index is 2.91. The number of hydrogen-bond acceptors (Lipinski definition) is 2. The van der Waals surface area contributed by atoms with Crippen LogP contribution in [0.25, 0.3) is 0 Å². The minimum absolute atomic E-state index is 0.313. The molecule has 3 nitrogen and oxygen atoms in total. The van der Waals surface area contributed by atoms with E-state index in [-0.39, 0.29) is 0 Å². The van der Waals surface area contributed by atoms with Crippen molar-refractivity contribution < 1.29 is 0 Å². The van der Waals surface area contributed by atoms with Gasteiger partial charge in [0.1, 0.15) is 0 Å². The van der Waals surface area contributed by atoms with Crippen LogP contribution in [0.15, 0.2) is 35.3 Å². The van der Waals surface area contributed by atoms with Crippen LogP contribution in [0.4, 0.5) is 0 Å². The van der Waals surface area contributed by atoms with Gasteiger partial charge in [0, 0.05) is 5.92 Å². The molecule has 1 unspecified atom stereocenters. The number of nitrogens with zero attached hydrogens (tertiary/aromatic N) is 2. The van der Waals surface area contributed by atoms with Crippen LogP contribution in [0.2, 0.25) is 0 Å². The monoisotopic (exact) mass is 261 g/mol. The summed E-state index contributed by atoms with van der Waals surface area (Å²) < 4.78 is 0. The fourth-order valence-corrected chi connectivity index (χ4v) is 2.15. The van der Waals surface area contributed by atoms with Gasteiger partial charge in [-0.1, -0.05) is 58.0 Å². The number of nitrogens with two attached hydrogens (primary N) is 1. The van der Waals surface area contributed by atoms with Crippen LogP contribution in [0, 0.1) is 5.92 Å². The summed E-state index contributed by atoms with van der Waals surface area (Å²) in [7, 11) is 0. The minimum atomic E-state index is 0.313. The molecule has 19 heavy (non-hydrogen) atoms. The standard InChI is InChI=1S/C16H27N3/c1-5-19(6-2)15(12-18-16(17)13(3)4)14-10-8-7-9-11-14/h7-11,13,15H,5-6,12H2,1-4H3,(H2,17,18). The highest BCUT2D eigenvalue weighted by Crippen LogP contribution is 2.20. The smallest absolute Gasteiger partial charge is 0.0963 e. The quantitative estimate of drug-likeness (QED) is 0.605. The van der Waals surface area contributed by atoms with Crippen molar-refractivity contribution in [2.24, 2.45) is 16.6 Å². The van der Waals surface area contributed by atoms with E-state index in [1.165, 1.54) is 5.56 Å². The number of amidine groups is 1. The molecule has 0 fully saturated rings. The van der Waals surface area contributed by atoms with Crippen LogP contribution in [0.3, 0.4) is 0 Å². The van der Waals surface area contributed by atoms with E-state index in [4.69, 9.17) is 5.73 Å². The number of benzene rings is 1. The van der Waals surface area contributed by atoms with Gasteiger partial charge in [-0.2, -0.15) is 0 Å². The van der Waals surface area contributed by atoms with E-state index in [0.29, 0.717) is 12.0 Å². The maximum Gasteiger partial charge on any atom is 0.0963 e. The molecule has 0 aromatic heterocycles. The van der Waals surface area contributed by atoms with Crippen molar-refractivity contribution in [1.29, 1.82) is 0 Å². The van der Waals surface area contributed by atoms with Crippen molar-refractivity contribution >= 4 is 5.84 Å². The Morgan fingerprint density at radius 3 is 2.21 bits per heavy atom. The molecule has 1 rings (SSSR count). The van der Waals surface area contributed by atoms with Crippen LogP contribution < -0.4 is 5.73 Å². The summed E-state index contributed by atoms with van der Waals surface area (Å²) >= 11 is 0. The van der Waals surface area contributed by atoms with Crippen LogP contribution in [0.5, 0.6) is 0 Å². The highest BCUT2D eigenvalue weighted by atomic mass is 15.2. The third-order valence-electron chi connectivity index (χ3n) is 3.48. The second kappa shape index (κ2) is 7.95. The molecule has 0 aliphatic carbocycles. The first-order valence-corrected chi connectivity index (χ1v) is 7.18. The van der Waals surface area contributed by atoms with Gasteiger partial charge in [0.25, 0.3) is 0 Å². The Morgan fingerprint density at radius 2 is 1.74 bits per heavy atom. The molecule has 2 N–H and O–H groups in total. The van der Waals surface area contributed by atoms with Crippen molar-refractivity contribution in [3.63, 3.8) is 0 Å². The zero-order valence-corrected chi connectivity index (χ0v) is 12.6. The first-order valence-electron chi connectivity index (χ1n) is 7.18. The molecule has 1 aromatic rings. The first-order chi connectivity index (χ1) is 9.10. The zero-order chi connectivity index (χ0) is 14.3. The van der Waals surface area contributed by atoms with Crippen LogP contribution in [-0.4, -0.2) is 30.4 Å². The fraction of sp³-hybridized carbons (Fsp3) is 0.562. The highest BCUT2D eigenvalue weighted by Gasteiger charge is 2.17. The normalized spacial score (nSPS) is 14.1. The maximum absolute atomic E-state index is 5.96. The van der Waals surface area contributed by atoms with E-state index >= 15 is 0 Å². The van der Waals surface area contributed by atoms with E-state index in [9.17, 15) is 0 Å². The number of aliphatic imine (C=N–C) groups is 1. The van der Waals surface area contributed by atoms with Crippen molar-refractivity contribution in [2.75, 3.05) is 19.6 Å². The predicted octanol–water partition coefficient (Wildman–Crippen LogP) is 3.08. The second-order valence-electron chi connectivity index (χ2n) is 5.07. The summed E-state index contributed by atoms with van der Waals surface area (Å²) in [6, 6.07) is 10.9. The summed E-state index contributed by atoms with van der Waals surface area (Å²) in [5.74, 6) is 1.06. The van der Waals surface area contributed by atoms with Crippen molar-refractivity contribution in [3.05, 3.63) is 35.9 Å². The lowest BCUT2D eigenvalue weighted by Gasteiger charge is -2.29. The molecule has 1 aromatic carbocycles. The lowest BCUT2D eigenvalue weighted by Crippen LogP contribution is -2.31. The maximum atomic E-state index is 5.96. The van der Waals surface area contributed by atoms with Crippen molar-refractivity contribution in [3.8, 4) is 0 Å². The van der Waals surface area contributed by atoms with Crippen LogP contribution in [0.1, 0.15) is 39.3 Å². The van der Waals surface area contributed by atoms with Gasteiger partial charge in [0.15, 0.2) is 0 Å². The Labute approximate surface area is 117 Å². The molecular formula is C16H27N3. The molecule has 0 aliphatic heterocycles. The average molecular weight is 261 g/mol. The minimum Gasteiger partial charge on any atom is -0.387 e. The summed E-state index contributed by atoms with van der Waals surface area (Å²) in [6.45, 7) is 11.3. The Bertz CT molecular complexity index is 380. The lowest BCUT2D eigenvalue weighted by molar-refractivity contribution is 0.224. The van der Waals surface area contributed by atoms with Gasteiger partial charge in [0.05, 0.1) is 18.4 Å². The van der Waals surface area contributed by atoms with E-state index in [0.717, 1.165) is 25.5 Å². The molecule has 1 atom stereocenters. The highest BCUT2D eigenvalue weighted by molar-refractivity contribution is 5.82. The van der Waals surface area contributed by atoms with Gasteiger partial charge >= 0.3 is 0 Å². The second-order valence-corrected chi connectivity index (χ2v) is 5.07. The van der Waals surface area contributed by atoms with Crippen molar-refractivity contribution in [2.45, 2.75) is 33.7 Å². The summed E-state index contributed by atoms with van der Waals surface area (Å²) in [4.78, 5) is 6.99. The summed E-state index contributed by atoms with van der Waals surface area (Å²) in [5, 5.41) is 0. The number of rotatable bonds is 7. The SMILES string of the molecule is CCN(CC)C(CN=C(N)C(C)C)c1ccccc1. The fourth-order valence-electron chi connectivity index (χ4n) is 2.15. The number of likely N-dealkylation sites (N-methyl/N-ethyl adjacent to an activating group) is 1. The molecule has 0 saturated heterocycles. The zero-order valence-electron chi connectivity index (χ0n) is 12.6. The molecular weight excluding hydrogens is 234 g/mol. The van der Waals surface area contributed by atoms with E-state index < -0.39 is 0 Å². The topological polar surface area (TPSA) is 41.6 Å². The van der Waals surface area contributed by atoms with Crippen molar-refractivity contribution in [1.82, 2.24) is 4.90 Å². The molecule has 0 spiro atoms. The van der Waals surface area contributed by atoms with Gasteiger partial charge < -0.3 is 5.73 Å². The van der Waals surface area contributed by atoms with E-state index in [1.807, 2.05) is 0 Å². The van der Waals surface area contributed by atoms with Gasteiger partial charge in [-0.05, 0) is 18.7 Å². The molecule has 106 valence electrons. The van der Waals surface area contributed by atoms with Gasteiger partial charge in [-0.3, -0.25) is 9.89 Å². The van der Waals surface area contributed by atoms with Crippen LogP contribution >= 0.6 is 0 Å². The average Bonchev–Trinajstić information content (AvgIpc) is 2.43. The predicted molar refractivity (Wildman–Crippen MR) is 83.4 cm³/mol. The van der Waals surface area contributed by atoms with Gasteiger partial charge in [-0.15, -0.1) is 0 Å². The molecule has 0 radical (unpaired) electrons. The summed E-state index contributed by atoms with van der Waals surface area (Å²) in [5.41, 5.74) is 7.27. The Hall–Kier alpha value is -1.35. The summed E-state index contributed by atoms with van der Waals surface area (Å²) in [6.07, 6.45) is 0. The lowest BCUT2D eigenvalue weighted by atomic mass is 10.1. The molecule has 3 heteroatoms. The third-order valence-corrected chi connectivity index (χ3v) is 3.48. The van der Waals surface area contributed by atoms with E-state index in [1.54, 1.807) is 0 Å². The largest absolute Gasteiger partial charge is 0.387 e.